The second kappa shape index (κ2) is 37.5. The van der Waals surface area contributed by atoms with Crippen molar-refractivity contribution in [2.24, 2.45) is 40.9 Å². The summed E-state index contributed by atoms with van der Waals surface area (Å²) < 4.78 is 54.8. The summed E-state index contributed by atoms with van der Waals surface area (Å²) in [5.74, 6) is -10.9. The molecule has 29 heteroatoms. The monoisotopic (exact) mass is 1500 g/mol. The lowest BCUT2D eigenvalue weighted by atomic mass is 9.58. The van der Waals surface area contributed by atoms with Crippen molar-refractivity contribution in [1.29, 1.82) is 0 Å². The smallest absolute Gasteiger partial charge is 0.381 e. The van der Waals surface area contributed by atoms with Gasteiger partial charge in [0.1, 0.15) is 53.9 Å². The van der Waals surface area contributed by atoms with Crippen LogP contribution >= 0.6 is 0 Å². The number of carbonyl (C=O) groups excluding carboxylic acids is 12. The van der Waals surface area contributed by atoms with Crippen molar-refractivity contribution in [3.63, 3.8) is 0 Å². The molecule has 106 heavy (non-hydrogen) atoms. The lowest BCUT2D eigenvalue weighted by molar-refractivity contribution is -0.215. The van der Waals surface area contributed by atoms with E-state index in [9.17, 15) is 27.6 Å². The van der Waals surface area contributed by atoms with Crippen LogP contribution in [0.1, 0.15) is 196 Å². The first-order valence-electron chi connectivity index (χ1n) is 39.0. The zero-order valence-electron chi connectivity index (χ0n) is 66.1. The van der Waals surface area contributed by atoms with Crippen molar-refractivity contribution >= 4 is 70.9 Å². The van der Waals surface area contributed by atoms with E-state index in [2.05, 4.69) is 16.0 Å². The van der Waals surface area contributed by atoms with E-state index >= 15 is 43.2 Å². The first-order valence-corrected chi connectivity index (χ1v) is 39.0. The molecule has 3 unspecified atom stereocenters. The minimum absolute atomic E-state index is 0.0100. The molecule has 0 aromatic heterocycles. The number of alkyl halides is 3. The van der Waals surface area contributed by atoms with Crippen molar-refractivity contribution in [3.8, 4) is 0 Å². The highest BCUT2D eigenvalue weighted by atomic mass is 19.4. The Balaban J connectivity index is 1.39. The molecule has 598 valence electrons. The molecule has 6 bridgehead atoms. The Labute approximate surface area is 626 Å². The predicted octanol–water partition coefficient (Wildman–Crippen LogP) is 5.93. The average molecular weight is 1500 g/mol. The minimum atomic E-state index is -4.52. The number of nitrogens with one attached hydrogen (secondary N) is 3. The number of hydrogen-bond acceptors (Lipinski definition) is 14. The Hall–Kier alpha value is -6.91. The van der Waals surface area contributed by atoms with Crippen LogP contribution in [0.25, 0.3) is 0 Å². The molecule has 0 aromatic carbocycles. The van der Waals surface area contributed by atoms with Gasteiger partial charge >= 0.3 is 6.18 Å². The minimum Gasteiger partial charge on any atom is -0.381 e. The van der Waals surface area contributed by atoms with Crippen molar-refractivity contribution in [2.45, 2.75) is 268 Å². The summed E-state index contributed by atoms with van der Waals surface area (Å²) in [6.45, 7) is 12.1. The lowest BCUT2D eigenvalue weighted by Crippen LogP contribution is -2.71. The average Bonchev–Trinajstić information content (AvgIpc) is 0.866. The highest BCUT2D eigenvalue weighted by Crippen LogP contribution is 2.50. The molecule has 3 aliphatic carbocycles. The van der Waals surface area contributed by atoms with Gasteiger partial charge < -0.3 is 69.5 Å². The van der Waals surface area contributed by atoms with E-state index in [4.69, 9.17) is 9.47 Å². The van der Waals surface area contributed by atoms with Gasteiger partial charge in [-0.2, -0.15) is 13.2 Å². The zero-order chi connectivity index (χ0) is 78.6. The third kappa shape index (κ3) is 20.7. The number of halogens is 3. The number of amides is 12. The van der Waals surface area contributed by atoms with Gasteiger partial charge in [0.15, 0.2) is 0 Å². The van der Waals surface area contributed by atoms with E-state index in [0.29, 0.717) is 70.6 Å². The van der Waals surface area contributed by atoms with Gasteiger partial charge in [-0.3, -0.25) is 57.5 Å². The van der Waals surface area contributed by atoms with Crippen LogP contribution in [-0.4, -0.2) is 284 Å². The van der Waals surface area contributed by atoms with Crippen molar-refractivity contribution in [2.75, 3.05) is 96.3 Å². The molecule has 3 N–H and O–H groups in total. The second-order valence-electron chi connectivity index (χ2n) is 32.9. The van der Waals surface area contributed by atoms with Gasteiger partial charge in [0.05, 0.1) is 37.6 Å². The Bertz CT molecular complexity index is 3150. The molecule has 9 rings (SSSR count). The van der Waals surface area contributed by atoms with E-state index in [0.717, 1.165) is 0 Å². The second-order valence-corrected chi connectivity index (χ2v) is 32.9. The molecule has 1 spiro atoms. The number of likely N-dealkylation sites (N-methyl/N-ethyl adjacent to an activating group) is 7. The van der Waals surface area contributed by atoms with E-state index in [1.807, 2.05) is 47.6 Å². The Morgan fingerprint density at radius 3 is 1.90 bits per heavy atom. The number of hydrogen-bond donors (Lipinski definition) is 3. The number of rotatable bonds is 13. The van der Waals surface area contributed by atoms with Crippen molar-refractivity contribution < 1.29 is 80.2 Å². The number of ether oxygens (including phenoxy) is 2. The summed E-state index contributed by atoms with van der Waals surface area (Å²) >= 11 is 0. The van der Waals surface area contributed by atoms with Gasteiger partial charge in [0.25, 0.3) is 0 Å². The maximum atomic E-state index is 15.8. The van der Waals surface area contributed by atoms with Crippen molar-refractivity contribution in [3.05, 3.63) is 12.2 Å². The molecule has 0 radical (unpaired) electrons. The fraction of sp³-hybridized carbons (Fsp3) is 0.818. The Kier molecular flexibility index (Phi) is 30.5. The van der Waals surface area contributed by atoms with Crippen LogP contribution in [0.15, 0.2) is 12.2 Å². The van der Waals surface area contributed by atoms with Gasteiger partial charge in [-0.05, 0) is 112 Å². The highest BCUT2D eigenvalue weighted by Gasteiger charge is 2.59. The van der Waals surface area contributed by atoms with Gasteiger partial charge in [-0.1, -0.05) is 118 Å². The summed E-state index contributed by atoms with van der Waals surface area (Å²) in [4.78, 5) is 195. The zero-order valence-corrected chi connectivity index (χ0v) is 66.1. The molecule has 9 aliphatic rings. The normalized spacial score (nSPS) is 31.7. The molecule has 8 fully saturated rings. The fourth-order valence-corrected chi connectivity index (χ4v) is 17.9. The molecular formula is C77H125F3N12O14. The van der Waals surface area contributed by atoms with Crippen LogP contribution in [0.3, 0.4) is 0 Å². The van der Waals surface area contributed by atoms with E-state index in [1.54, 1.807) is 13.0 Å². The number of carbonyl (C=O) groups is 12. The molecule has 5 saturated heterocycles. The number of fused-ring (bicyclic) bond motifs is 22. The summed E-state index contributed by atoms with van der Waals surface area (Å²) in [7, 11) is 12.9. The molecule has 26 nitrogen and oxygen atoms in total. The van der Waals surface area contributed by atoms with E-state index in [1.165, 1.54) is 108 Å². The third-order valence-corrected chi connectivity index (χ3v) is 24.5. The largest absolute Gasteiger partial charge is 0.394 e. The lowest BCUT2D eigenvalue weighted by Gasteiger charge is -2.54. The van der Waals surface area contributed by atoms with Crippen LogP contribution in [0.5, 0.6) is 0 Å². The van der Waals surface area contributed by atoms with Crippen LogP contribution < -0.4 is 16.0 Å². The molecule has 12 amide bonds. The van der Waals surface area contributed by atoms with Gasteiger partial charge in [-0.15, -0.1) is 0 Å². The first kappa shape index (κ1) is 86.3. The van der Waals surface area contributed by atoms with Crippen LogP contribution in [0, 0.1) is 40.9 Å². The molecule has 6 aliphatic heterocycles. The van der Waals surface area contributed by atoms with Gasteiger partial charge in [-0.25, -0.2) is 0 Å². The Morgan fingerprint density at radius 1 is 0.651 bits per heavy atom. The molecule has 6 heterocycles. The van der Waals surface area contributed by atoms with E-state index < -0.39 is 192 Å². The standard InChI is InChI=1S/C77H125F3N12O14/c1-17-37-106-52-40-57-67(97)83-76(45-75(6,7)46-76)74(104)90(15)65(51(19-3)20-4)73(103)89(14)58(69(99)84(8)9)41-62(94)87(12)55-27-24-25-48-28-30-49(31-29-48)38-59(91-36-23-21-22-26-56(71(91)101)88(13)63(95)44-86(11)72(102)64(47(5)18-2)82-66(55)96)70(100)85(10)43-61(93)81-54(68(98)92(57)42-52)35-33-50-32-34-53(77(78,79)80)60(39-50)105-16/h21-22,47-60,64-65H,17-20,23-46H2,1-16H3,(H,81,93)(H,82,96)(H,83,97)/b22-21-/t47-,48?,49?,50?,52+,53?,54-,55-,56-,57-,58-,59-,60?,64-,65-/m0/s1. The maximum absolute atomic E-state index is 15.8. The van der Waals surface area contributed by atoms with Gasteiger partial charge in [0.2, 0.25) is 70.9 Å². The molecular weight excluding hydrogens is 1370 g/mol. The predicted molar refractivity (Wildman–Crippen MR) is 391 cm³/mol. The quantitative estimate of drug-likeness (QED) is 0.142. The molecule has 13 atom stereocenters. The third-order valence-electron chi connectivity index (χ3n) is 24.5. The summed E-state index contributed by atoms with van der Waals surface area (Å²) in [6, 6.07) is -10.2. The van der Waals surface area contributed by atoms with Crippen LogP contribution in [0.4, 0.5) is 13.2 Å². The topological polar surface area (TPSA) is 289 Å². The first-order chi connectivity index (χ1) is 49.9. The number of methoxy groups -OCH3 is 1. The van der Waals surface area contributed by atoms with E-state index in [-0.39, 0.29) is 102 Å². The maximum Gasteiger partial charge on any atom is 0.394 e. The molecule has 3 saturated carbocycles. The van der Waals surface area contributed by atoms with Crippen LogP contribution in [0.2, 0.25) is 0 Å². The molecule has 0 aromatic rings. The number of nitrogens with zero attached hydrogens (tertiary/aromatic N) is 9. The highest BCUT2D eigenvalue weighted by molar-refractivity contribution is 6.01. The fourth-order valence-electron chi connectivity index (χ4n) is 17.9. The summed E-state index contributed by atoms with van der Waals surface area (Å²) in [6.07, 6.45) is 2.94. The summed E-state index contributed by atoms with van der Waals surface area (Å²) in [5.41, 5.74) is -2.20. The SMILES string of the molecule is CCCO[C@@H]1C[C@H]2C(=O)NC3(CC(C)(C)C3)C(=O)N(C)[C@@H](C(CC)CC)C(=O)N(C)[C@H](C(=O)N(C)C)CC(=O)N(C)[C@H]3CCCC4CCC(CC4)C[C@@H](C(=O)N(C)CC(=O)N[C@@H](CCC4CCC(C(F)(F)F)C(OC)C4)C(=O)N2C1)N1CC/C=C\C[C@@H](C1=O)N(C)C(=O)CN(C)C(=O)[C@H]([C@@H](C)CC)NC3=O. The van der Waals surface area contributed by atoms with Crippen LogP contribution in [-0.2, 0) is 67.0 Å². The Morgan fingerprint density at radius 2 is 1.29 bits per heavy atom. The van der Waals surface area contributed by atoms with Gasteiger partial charge in [0, 0.05) is 89.6 Å². The van der Waals surface area contributed by atoms with Crippen molar-refractivity contribution in [1.82, 2.24) is 60.0 Å². The summed E-state index contributed by atoms with van der Waals surface area (Å²) in [5, 5.41) is 8.97.